The van der Waals surface area contributed by atoms with Gasteiger partial charge in [0.25, 0.3) is 0 Å². The van der Waals surface area contributed by atoms with Crippen LogP contribution in [-0.2, 0) is 13.0 Å². The summed E-state index contributed by atoms with van der Waals surface area (Å²) < 4.78 is 5.66. The highest BCUT2D eigenvalue weighted by Crippen LogP contribution is 2.33. The summed E-state index contributed by atoms with van der Waals surface area (Å²) in [6.45, 7) is 1.38. The standard InChI is InChI=1S/C16H18O5/c1-10-4-13(19)8-14(5-10)21-15-6-11(2-3-17)16(20)12(7-15)9-18/h4-8,17-20H,2-3,9H2,1H3. The first-order valence-corrected chi connectivity index (χ1v) is 6.58. The molecule has 0 amide bonds. The maximum atomic E-state index is 9.93. The van der Waals surface area contributed by atoms with E-state index in [0.717, 1.165) is 5.56 Å². The van der Waals surface area contributed by atoms with E-state index in [1.54, 1.807) is 18.2 Å². The highest BCUT2D eigenvalue weighted by Gasteiger charge is 2.11. The van der Waals surface area contributed by atoms with Gasteiger partial charge in [0.05, 0.1) is 6.61 Å². The Labute approximate surface area is 122 Å². The molecule has 2 aromatic carbocycles. The Bertz CT molecular complexity index is 617. The number of phenolic OH excluding ortho intramolecular Hbond substituents is 1. The lowest BCUT2D eigenvalue weighted by molar-refractivity contribution is 0.272. The molecule has 0 bridgehead atoms. The minimum absolute atomic E-state index is 0.0361. The summed E-state index contributed by atoms with van der Waals surface area (Å²) in [5, 5.41) is 37.8. The van der Waals surface area contributed by atoms with Crippen LogP contribution in [0.2, 0.25) is 0 Å². The first-order valence-electron chi connectivity index (χ1n) is 6.58. The van der Waals surface area contributed by atoms with Crippen molar-refractivity contribution in [3.05, 3.63) is 47.0 Å². The molecule has 4 N–H and O–H groups in total. The maximum Gasteiger partial charge on any atom is 0.131 e. The van der Waals surface area contributed by atoms with Crippen molar-refractivity contribution in [1.29, 1.82) is 0 Å². The number of ether oxygens (including phenoxy) is 1. The fraction of sp³-hybridized carbons (Fsp3) is 0.250. The second kappa shape index (κ2) is 6.47. The molecule has 2 rings (SSSR count). The molecule has 0 aliphatic carbocycles. The molecule has 5 heteroatoms. The highest BCUT2D eigenvalue weighted by molar-refractivity contribution is 5.48. The molecule has 0 saturated carbocycles. The van der Waals surface area contributed by atoms with Gasteiger partial charge in [-0.1, -0.05) is 0 Å². The van der Waals surface area contributed by atoms with Gasteiger partial charge in [0, 0.05) is 23.8 Å². The summed E-state index contributed by atoms with van der Waals surface area (Å²) in [6.07, 6.45) is 0.259. The fourth-order valence-corrected chi connectivity index (χ4v) is 2.14. The molecule has 0 aromatic heterocycles. The van der Waals surface area contributed by atoms with Gasteiger partial charge in [0.2, 0.25) is 0 Å². The Morgan fingerprint density at radius 1 is 0.905 bits per heavy atom. The SMILES string of the molecule is Cc1cc(O)cc(Oc2cc(CO)c(O)c(CCO)c2)c1. The smallest absolute Gasteiger partial charge is 0.131 e. The van der Waals surface area contributed by atoms with Gasteiger partial charge in [0.1, 0.15) is 23.0 Å². The monoisotopic (exact) mass is 290 g/mol. The molecule has 0 radical (unpaired) electrons. The average Bonchev–Trinajstić information content (AvgIpc) is 2.41. The third-order valence-electron chi connectivity index (χ3n) is 3.06. The van der Waals surface area contributed by atoms with E-state index in [-0.39, 0.29) is 31.1 Å². The van der Waals surface area contributed by atoms with Crippen LogP contribution in [0.15, 0.2) is 30.3 Å². The van der Waals surface area contributed by atoms with Crippen molar-refractivity contribution in [2.24, 2.45) is 0 Å². The van der Waals surface area contributed by atoms with Crippen LogP contribution in [0.5, 0.6) is 23.0 Å². The van der Waals surface area contributed by atoms with E-state index in [1.165, 1.54) is 12.1 Å². The number of phenols is 2. The predicted octanol–water partition coefficient (Wildman–Crippen LogP) is 2.23. The second-order valence-corrected chi connectivity index (χ2v) is 4.83. The number of aliphatic hydroxyl groups is 2. The van der Waals surface area contributed by atoms with Crippen LogP contribution in [0.3, 0.4) is 0 Å². The normalized spacial score (nSPS) is 10.6. The van der Waals surface area contributed by atoms with E-state index in [4.69, 9.17) is 9.84 Å². The second-order valence-electron chi connectivity index (χ2n) is 4.83. The van der Waals surface area contributed by atoms with Crippen molar-refractivity contribution >= 4 is 0 Å². The van der Waals surface area contributed by atoms with Crippen molar-refractivity contribution in [3.8, 4) is 23.0 Å². The Morgan fingerprint density at radius 3 is 2.19 bits per heavy atom. The Kier molecular flexibility index (Phi) is 4.67. The van der Waals surface area contributed by atoms with Gasteiger partial charge < -0.3 is 25.2 Å². The lowest BCUT2D eigenvalue weighted by Crippen LogP contribution is -1.97. The zero-order chi connectivity index (χ0) is 15.4. The Hall–Kier alpha value is -2.24. The highest BCUT2D eigenvalue weighted by atomic mass is 16.5. The largest absolute Gasteiger partial charge is 0.508 e. The number of hydrogen-bond acceptors (Lipinski definition) is 5. The number of hydrogen-bond donors (Lipinski definition) is 4. The maximum absolute atomic E-state index is 9.93. The van der Waals surface area contributed by atoms with Crippen molar-refractivity contribution in [3.63, 3.8) is 0 Å². The first-order chi connectivity index (χ1) is 10.0. The zero-order valence-corrected chi connectivity index (χ0v) is 11.7. The van der Waals surface area contributed by atoms with Crippen molar-refractivity contribution < 1.29 is 25.2 Å². The first kappa shape index (κ1) is 15.2. The predicted molar refractivity (Wildman–Crippen MR) is 77.7 cm³/mol. The fourth-order valence-electron chi connectivity index (χ4n) is 2.14. The average molecular weight is 290 g/mol. The number of aryl methyl sites for hydroxylation is 1. The molecule has 21 heavy (non-hydrogen) atoms. The summed E-state index contributed by atoms with van der Waals surface area (Å²) in [5.74, 6) is 0.940. The van der Waals surface area contributed by atoms with E-state index in [2.05, 4.69) is 0 Å². The summed E-state index contributed by atoms with van der Waals surface area (Å²) in [6, 6.07) is 7.97. The van der Waals surface area contributed by atoms with Crippen LogP contribution in [-0.4, -0.2) is 27.0 Å². The molecular formula is C16H18O5. The van der Waals surface area contributed by atoms with Gasteiger partial charge in [0.15, 0.2) is 0 Å². The molecule has 0 saturated heterocycles. The minimum Gasteiger partial charge on any atom is -0.508 e. The van der Waals surface area contributed by atoms with Gasteiger partial charge >= 0.3 is 0 Å². The molecular weight excluding hydrogens is 272 g/mol. The van der Waals surface area contributed by atoms with Crippen LogP contribution in [0, 0.1) is 6.92 Å². The molecule has 0 unspecified atom stereocenters. The van der Waals surface area contributed by atoms with E-state index in [1.807, 2.05) is 6.92 Å². The van der Waals surface area contributed by atoms with Crippen LogP contribution in [0.25, 0.3) is 0 Å². The van der Waals surface area contributed by atoms with E-state index >= 15 is 0 Å². The van der Waals surface area contributed by atoms with Crippen molar-refractivity contribution in [2.75, 3.05) is 6.61 Å². The van der Waals surface area contributed by atoms with Crippen molar-refractivity contribution in [2.45, 2.75) is 20.0 Å². The molecule has 0 aliphatic heterocycles. The summed E-state index contributed by atoms with van der Waals surface area (Å²) in [5.41, 5.74) is 1.67. The lowest BCUT2D eigenvalue weighted by atomic mass is 10.1. The minimum atomic E-state index is -0.333. The number of aliphatic hydroxyl groups excluding tert-OH is 2. The Balaban J connectivity index is 2.36. The molecule has 0 atom stereocenters. The van der Waals surface area contributed by atoms with Crippen LogP contribution in [0.1, 0.15) is 16.7 Å². The molecule has 0 aliphatic rings. The zero-order valence-electron chi connectivity index (χ0n) is 11.7. The third kappa shape index (κ3) is 3.65. The molecule has 2 aromatic rings. The summed E-state index contributed by atoms with van der Waals surface area (Å²) in [4.78, 5) is 0. The van der Waals surface area contributed by atoms with Gasteiger partial charge in [-0.15, -0.1) is 0 Å². The van der Waals surface area contributed by atoms with Crippen LogP contribution >= 0.6 is 0 Å². The van der Waals surface area contributed by atoms with Gasteiger partial charge in [-0.25, -0.2) is 0 Å². The summed E-state index contributed by atoms with van der Waals surface area (Å²) >= 11 is 0. The molecule has 5 nitrogen and oxygen atoms in total. The summed E-state index contributed by atoms with van der Waals surface area (Å²) in [7, 11) is 0. The Morgan fingerprint density at radius 2 is 1.57 bits per heavy atom. The van der Waals surface area contributed by atoms with E-state index < -0.39 is 0 Å². The van der Waals surface area contributed by atoms with Crippen LogP contribution in [0.4, 0.5) is 0 Å². The number of benzene rings is 2. The molecule has 0 fully saturated rings. The van der Waals surface area contributed by atoms with Gasteiger partial charge in [-0.05, 0) is 43.2 Å². The topological polar surface area (TPSA) is 90.2 Å². The van der Waals surface area contributed by atoms with E-state index in [0.29, 0.717) is 22.6 Å². The van der Waals surface area contributed by atoms with Crippen LogP contribution < -0.4 is 4.74 Å². The number of aromatic hydroxyl groups is 2. The quantitative estimate of drug-likeness (QED) is 0.678. The molecule has 0 spiro atoms. The van der Waals surface area contributed by atoms with Gasteiger partial charge in [-0.3, -0.25) is 0 Å². The van der Waals surface area contributed by atoms with Crippen molar-refractivity contribution in [1.82, 2.24) is 0 Å². The van der Waals surface area contributed by atoms with E-state index in [9.17, 15) is 15.3 Å². The molecule has 112 valence electrons. The number of rotatable bonds is 5. The van der Waals surface area contributed by atoms with Gasteiger partial charge in [-0.2, -0.15) is 0 Å². The third-order valence-corrected chi connectivity index (χ3v) is 3.06. The molecule has 0 heterocycles. The lowest BCUT2D eigenvalue weighted by Gasteiger charge is -2.13.